The number of hydrogen-bond acceptors (Lipinski definition) is 10. The highest BCUT2D eigenvalue weighted by Crippen LogP contribution is 2.45. The van der Waals surface area contributed by atoms with Gasteiger partial charge in [-0.1, -0.05) is 36.4 Å². The maximum atomic E-state index is 12.8. The zero-order valence-corrected chi connectivity index (χ0v) is 18.7. The SMILES string of the molecule is Nc1c(C(=O)Nc2ccccc2C(=O)[O-])sc2sc(C(=O)Nc3ccccc3C(=O)[O-])c(N)c12. The monoisotopic (exact) mass is 494 g/mol. The molecule has 0 aliphatic heterocycles. The summed E-state index contributed by atoms with van der Waals surface area (Å²) >= 11 is 1.97. The predicted octanol–water partition coefficient (Wildman–Crippen LogP) is 1.36. The van der Waals surface area contributed by atoms with Crippen LogP contribution in [0.15, 0.2) is 48.5 Å². The molecule has 10 nitrogen and oxygen atoms in total. The van der Waals surface area contributed by atoms with Gasteiger partial charge in [-0.25, -0.2) is 0 Å². The Labute approximate surface area is 199 Å². The minimum Gasteiger partial charge on any atom is -0.545 e. The van der Waals surface area contributed by atoms with Crippen LogP contribution in [0.25, 0.3) is 9.40 Å². The van der Waals surface area contributed by atoms with E-state index in [9.17, 15) is 29.4 Å². The number of carbonyl (C=O) groups excluding carboxylic acids is 4. The Bertz CT molecular complexity index is 1380. The number of nitrogens with one attached hydrogen (secondary N) is 2. The Morgan fingerprint density at radius 3 is 1.41 bits per heavy atom. The van der Waals surface area contributed by atoms with E-state index in [1.54, 1.807) is 12.1 Å². The molecule has 0 saturated heterocycles. The van der Waals surface area contributed by atoms with Crippen molar-refractivity contribution in [1.82, 2.24) is 0 Å². The second kappa shape index (κ2) is 8.84. The van der Waals surface area contributed by atoms with Gasteiger partial charge in [-0.15, -0.1) is 22.7 Å². The second-order valence-corrected chi connectivity index (χ2v) is 9.23. The van der Waals surface area contributed by atoms with E-state index in [2.05, 4.69) is 10.6 Å². The van der Waals surface area contributed by atoms with Gasteiger partial charge in [0.15, 0.2) is 0 Å². The number of nitrogen functional groups attached to an aromatic ring is 2. The molecule has 2 aromatic heterocycles. The van der Waals surface area contributed by atoms with E-state index in [1.807, 2.05) is 0 Å². The number of anilines is 4. The highest BCUT2D eigenvalue weighted by atomic mass is 32.2. The maximum absolute atomic E-state index is 12.8. The summed E-state index contributed by atoms with van der Waals surface area (Å²) < 4.78 is 0.492. The number of nitrogens with two attached hydrogens (primary N) is 2. The topological polar surface area (TPSA) is 190 Å². The predicted molar refractivity (Wildman–Crippen MR) is 126 cm³/mol. The van der Waals surface area contributed by atoms with Crippen LogP contribution in [0.2, 0.25) is 0 Å². The van der Waals surface area contributed by atoms with Crippen LogP contribution in [0.5, 0.6) is 0 Å². The van der Waals surface area contributed by atoms with Crippen molar-refractivity contribution in [2.75, 3.05) is 22.1 Å². The molecule has 0 aliphatic carbocycles. The van der Waals surface area contributed by atoms with Crippen LogP contribution in [-0.2, 0) is 0 Å². The molecule has 6 N–H and O–H groups in total. The lowest BCUT2D eigenvalue weighted by atomic mass is 10.1. The van der Waals surface area contributed by atoms with Crippen molar-refractivity contribution in [3.8, 4) is 0 Å². The molecule has 2 aromatic carbocycles. The lowest BCUT2D eigenvalue weighted by Crippen LogP contribution is -2.24. The molecule has 0 spiro atoms. The van der Waals surface area contributed by atoms with Crippen LogP contribution in [0.3, 0.4) is 0 Å². The third-order valence-electron chi connectivity index (χ3n) is 4.82. The fourth-order valence-corrected chi connectivity index (χ4v) is 5.64. The summed E-state index contributed by atoms with van der Waals surface area (Å²) in [5, 5.41) is 27.8. The highest BCUT2D eigenvalue weighted by molar-refractivity contribution is 7.40. The number of aromatic carboxylic acids is 2. The average Bonchev–Trinajstić information content (AvgIpc) is 3.30. The molecule has 0 aliphatic rings. The van der Waals surface area contributed by atoms with Crippen molar-refractivity contribution in [2.24, 2.45) is 0 Å². The van der Waals surface area contributed by atoms with Gasteiger partial charge in [-0.2, -0.15) is 0 Å². The first-order valence-corrected chi connectivity index (χ1v) is 11.2. The molecular weight excluding hydrogens is 480 g/mol. The lowest BCUT2D eigenvalue weighted by molar-refractivity contribution is -0.256. The Balaban J connectivity index is 1.63. The number of hydrogen-bond donors (Lipinski definition) is 4. The molecule has 0 fully saturated rings. The van der Waals surface area contributed by atoms with Gasteiger partial charge in [0.05, 0.1) is 44.1 Å². The smallest absolute Gasteiger partial charge is 0.267 e. The van der Waals surface area contributed by atoms with Gasteiger partial charge >= 0.3 is 0 Å². The van der Waals surface area contributed by atoms with Gasteiger partial charge in [-0.05, 0) is 12.1 Å². The summed E-state index contributed by atoms with van der Waals surface area (Å²) in [4.78, 5) is 48.3. The number of benzene rings is 2. The molecule has 34 heavy (non-hydrogen) atoms. The van der Waals surface area contributed by atoms with Crippen molar-refractivity contribution in [3.63, 3.8) is 0 Å². The molecule has 12 heteroatoms. The summed E-state index contributed by atoms with van der Waals surface area (Å²) in [6, 6.07) is 11.5. The van der Waals surface area contributed by atoms with Crippen LogP contribution < -0.4 is 32.3 Å². The van der Waals surface area contributed by atoms with Crippen molar-refractivity contribution < 1.29 is 29.4 Å². The number of para-hydroxylation sites is 2. The van der Waals surface area contributed by atoms with Crippen LogP contribution in [-0.4, -0.2) is 23.8 Å². The summed E-state index contributed by atoms with van der Waals surface area (Å²) in [5.74, 6) is -4.19. The van der Waals surface area contributed by atoms with E-state index in [0.29, 0.717) is 9.40 Å². The normalized spacial score (nSPS) is 10.7. The lowest BCUT2D eigenvalue weighted by Gasteiger charge is -2.11. The first-order valence-electron chi connectivity index (χ1n) is 9.52. The summed E-state index contributed by atoms with van der Waals surface area (Å²) in [7, 11) is 0. The quantitative estimate of drug-likeness (QED) is 0.309. The molecule has 0 radical (unpaired) electrons. The van der Waals surface area contributed by atoms with Crippen molar-refractivity contribution in [3.05, 3.63) is 69.4 Å². The Kier molecular flexibility index (Phi) is 5.92. The van der Waals surface area contributed by atoms with Crippen molar-refractivity contribution in [2.45, 2.75) is 0 Å². The average molecular weight is 495 g/mol. The van der Waals surface area contributed by atoms with Crippen LogP contribution in [0.1, 0.15) is 40.1 Å². The third-order valence-corrected chi connectivity index (χ3v) is 7.32. The number of carboxylic acids is 2. The summed E-state index contributed by atoms with van der Waals surface area (Å²) in [5.41, 5.74) is 12.1. The first kappa shape index (κ1) is 22.8. The van der Waals surface area contributed by atoms with E-state index in [0.717, 1.165) is 22.7 Å². The number of thiophene rings is 2. The second-order valence-electron chi connectivity index (χ2n) is 6.93. The summed E-state index contributed by atoms with van der Waals surface area (Å²) in [6.45, 7) is 0. The fraction of sp³-hybridized carbons (Fsp3) is 0. The standard InChI is InChI=1S/C22H16N4O6S2/c23-14-13-15(24)17(19(28)26-12-8-4-2-6-10(12)21(31)32)34-22(13)33-16(14)18(27)25-11-7-3-1-5-9(11)20(29)30/h1-8H,23-24H2,(H,25,27)(H,26,28)(H,29,30)(H,31,32)/p-2. The van der Waals surface area contributed by atoms with Crippen LogP contribution >= 0.6 is 22.7 Å². The maximum Gasteiger partial charge on any atom is 0.267 e. The van der Waals surface area contributed by atoms with E-state index < -0.39 is 23.8 Å². The molecule has 2 heterocycles. The van der Waals surface area contributed by atoms with Gasteiger partial charge in [0, 0.05) is 11.1 Å². The number of carboxylic acid groups (broad SMARTS) is 2. The third kappa shape index (κ3) is 4.02. The minimum atomic E-state index is -1.45. The van der Waals surface area contributed by atoms with Gasteiger partial charge in [0.2, 0.25) is 0 Å². The number of rotatable bonds is 6. The highest BCUT2D eigenvalue weighted by Gasteiger charge is 2.25. The number of carbonyl (C=O) groups is 4. The zero-order valence-electron chi connectivity index (χ0n) is 17.0. The van der Waals surface area contributed by atoms with E-state index in [-0.39, 0.29) is 43.6 Å². The molecular formula is C22H14N4O6S2-2. The number of fused-ring (bicyclic) bond motifs is 1. The molecule has 2 amide bonds. The zero-order chi connectivity index (χ0) is 24.6. The summed E-state index contributed by atoms with van der Waals surface area (Å²) in [6.07, 6.45) is 0. The molecule has 172 valence electrons. The largest absolute Gasteiger partial charge is 0.545 e. The van der Waals surface area contributed by atoms with Gasteiger partial charge < -0.3 is 41.9 Å². The molecule has 0 atom stereocenters. The van der Waals surface area contributed by atoms with E-state index in [1.165, 1.54) is 36.4 Å². The minimum absolute atomic E-state index is 0.0337. The van der Waals surface area contributed by atoms with Gasteiger partial charge in [0.25, 0.3) is 11.8 Å². The molecule has 4 aromatic rings. The van der Waals surface area contributed by atoms with E-state index in [4.69, 9.17) is 11.5 Å². The molecule has 0 saturated carbocycles. The van der Waals surface area contributed by atoms with Crippen LogP contribution in [0.4, 0.5) is 22.7 Å². The molecule has 0 bridgehead atoms. The van der Waals surface area contributed by atoms with Gasteiger partial charge in [-0.3, -0.25) is 9.59 Å². The Hall–Kier alpha value is -4.42. The van der Waals surface area contributed by atoms with Crippen molar-refractivity contribution in [1.29, 1.82) is 0 Å². The first-order chi connectivity index (χ1) is 16.2. The molecule has 4 rings (SSSR count). The van der Waals surface area contributed by atoms with Gasteiger partial charge in [0.1, 0.15) is 9.75 Å². The van der Waals surface area contributed by atoms with E-state index >= 15 is 0 Å². The molecule has 0 unspecified atom stereocenters. The van der Waals surface area contributed by atoms with Crippen LogP contribution in [0, 0.1) is 0 Å². The number of amides is 2. The Morgan fingerprint density at radius 2 is 1.06 bits per heavy atom. The fourth-order valence-electron chi connectivity index (χ4n) is 3.25. The van der Waals surface area contributed by atoms with Crippen molar-refractivity contribution >= 4 is 78.6 Å². The Morgan fingerprint density at radius 1 is 0.676 bits per heavy atom.